The number of fused-ring (bicyclic) bond motifs is 3. The monoisotopic (exact) mass is 478 g/mol. The lowest BCUT2D eigenvalue weighted by Crippen LogP contribution is -2.61. The summed E-state index contributed by atoms with van der Waals surface area (Å²) in [5.41, 5.74) is 3.41. The van der Waals surface area contributed by atoms with Gasteiger partial charge < -0.3 is 20.1 Å². The molecule has 7 nitrogen and oxygen atoms in total. The van der Waals surface area contributed by atoms with Gasteiger partial charge in [0.15, 0.2) is 0 Å². The molecule has 1 aliphatic heterocycles. The Hall–Kier alpha value is -3.35. The van der Waals surface area contributed by atoms with E-state index in [9.17, 15) is 19.5 Å². The van der Waals surface area contributed by atoms with Gasteiger partial charge in [-0.2, -0.15) is 0 Å². The van der Waals surface area contributed by atoms with Crippen LogP contribution in [0.25, 0.3) is 11.1 Å². The van der Waals surface area contributed by atoms with E-state index in [1.165, 1.54) is 0 Å². The minimum Gasteiger partial charge on any atom is -0.481 e. The molecule has 0 spiro atoms. The van der Waals surface area contributed by atoms with Gasteiger partial charge in [-0.3, -0.25) is 9.59 Å². The number of hydrogen-bond acceptors (Lipinski definition) is 4. The largest absolute Gasteiger partial charge is 0.481 e. The maximum atomic E-state index is 13.5. The van der Waals surface area contributed by atoms with Crippen molar-refractivity contribution >= 4 is 18.0 Å². The zero-order valence-electron chi connectivity index (χ0n) is 20.6. The molecule has 1 saturated heterocycles. The number of likely N-dealkylation sites (tertiary alicyclic amines) is 1. The zero-order chi connectivity index (χ0) is 25.2. The molecule has 0 radical (unpaired) electrons. The lowest BCUT2D eigenvalue weighted by molar-refractivity contribution is -0.150. The summed E-state index contributed by atoms with van der Waals surface area (Å²) in [6.45, 7) is 6.42. The molecule has 2 aromatic rings. The van der Waals surface area contributed by atoms with Crippen LogP contribution >= 0.6 is 0 Å². The molecular formula is C28H34N2O5. The van der Waals surface area contributed by atoms with Crippen LogP contribution in [0.15, 0.2) is 48.5 Å². The minimum atomic E-state index is -1.13. The van der Waals surface area contributed by atoms with Crippen molar-refractivity contribution in [2.75, 3.05) is 19.7 Å². The average Bonchev–Trinajstić information content (AvgIpc) is 3.19. The number of nitrogens with zero attached hydrogens (tertiary/aromatic N) is 1. The normalized spacial score (nSPS) is 19.6. The van der Waals surface area contributed by atoms with E-state index in [2.05, 4.69) is 29.6 Å². The van der Waals surface area contributed by atoms with Crippen LogP contribution in [0.5, 0.6) is 0 Å². The Morgan fingerprint density at radius 1 is 1.03 bits per heavy atom. The number of amides is 2. The first-order valence-electron chi connectivity index (χ1n) is 12.5. The number of benzene rings is 2. The number of ether oxygens (including phenoxy) is 1. The van der Waals surface area contributed by atoms with Gasteiger partial charge >= 0.3 is 12.1 Å². The van der Waals surface area contributed by atoms with E-state index in [1.54, 1.807) is 4.90 Å². The van der Waals surface area contributed by atoms with Gasteiger partial charge in [-0.25, -0.2) is 4.79 Å². The highest BCUT2D eigenvalue weighted by Gasteiger charge is 2.43. The molecule has 2 aromatic carbocycles. The third-order valence-corrected chi connectivity index (χ3v) is 7.86. The summed E-state index contributed by atoms with van der Waals surface area (Å²) >= 11 is 0. The Morgan fingerprint density at radius 2 is 1.60 bits per heavy atom. The van der Waals surface area contributed by atoms with Crippen LogP contribution < -0.4 is 5.32 Å². The topological polar surface area (TPSA) is 95.9 Å². The number of nitrogens with one attached hydrogen (secondary N) is 1. The molecule has 2 amide bonds. The van der Waals surface area contributed by atoms with Crippen molar-refractivity contribution in [3.8, 4) is 11.1 Å². The Bertz CT molecular complexity index is 1060. The number of carboxylic acids is 1. The molecule has 0 saturated carbocycles. The second-order valence-corrected chi connectivity index (χ2v) is 9.70. The average molecular weight is 479 g/mol. The number of piperidine rings is 1. The molecule has 1 fully saturated rings. The number of alkyl carbamates (subject to hydrolysis) is 1. The fourth-order valence-corrected chi connectivity index (χ4v) is 5.49. The number of carbonyl (C=O) groups excluding carboxylic acids is 2. The van der Waals surface area contributed by atoms with Crippen LogP contribution in [-0.4, -0.2) is 53.2 Å². The summed E-state index contributed by atoms with van der Waals surface area (Å²) < 4.78 is 5.70. The van der Waals surface area contributed by atoms with Crippen molar-refractivity contribution in [2.24, 2.45) is 11.8 Å². The lowest BCUT2D eigenvalue weighted by atomic mass is 9.84. The highest BCUT2D eigenvalue weighted by atomic mass is 16.5. The van der Waals surface area contributed by atoms with Crippen molar-refractivity contribution < 1.29 is 24.2 Å². The van der Waals surface area contributed by atoms with Crippen LogP contribution in [-0.2, 0) is 14.3 Å². The number of carboxylic acid groups (broad SMARTS) is 1. The van der Waals surface area contributed by atoms with Gasteiger partial charge in [0.25, 0.3) is 0 Å². The zero-order valence-corrected chi connectivity index (χ0v) is 20.6. The molecule has 2 N–H and O–H groups in total. The Morgan fingerprint density at radius 3 is 2.14 bits per heavy atom. The molecule has 1 heterocycles. The van der Waals surface area contributed by atoms with E-state index in [4.69, 9.17) is 4.74 Å². The first-order valence-corrected chi connectivity index (χ1v) is 12.5. The third kappa shape index (κ3) is 4.64. The van der Waals surface area contributed by atoms with E-state index in [-0.39, 0.29) is 30.9 Å². The van der Waals surface area contributed by atoms with Gasteiger partial charge in [0, 0.05) is 19.0 Å². The Kier molecular flexibility index (Phi) is 7.15. The summed E-state index contributed by atoms with van der Waals surface area (Å²) in [5.74, 6) is -1.80. The molecule has 0 aromatic heterocycles. The number of aliphatic carboxylic acids is 1. The fraction of sp³-hybridized carbons (Fsp3) is 0.464. The van der Waals surface area contributed by atoms with Crippen molar-refractivity contribution in [3.63, 3.8) is 0 Å². The standard InChI is InChI=1S/C28H34N2O5/c1-4-28(5-2,26(33)30-15-14-18(3)23(16-30)25(31)32)29-27(34)35-17-24-21-12-8-6-10-19(21)20-11-7-9-13-22(20)24/h6-13,18,23-24H,4-5,14-17H2,1-3H3,(H,29,34)(H,31,32). The summed E-state index contributed by atoms with van der Waals surface area (Å²) in [5, 5.41) is 12.4. The molecule has 2 aliphatic rings. The molecule has 1 aliphatic carbocycles. The van der Waals surface area contributed by atoms with Crippen LogP contribution in [0.2, 0.25) is 0 Å². The second-order valence-electron chi connectivity index (χ2n) is 9.70. The first kappa shape index (κ1) is 24.8. The fourth-order valence-electron chi connectivity index (χ4n) is 5.49. The van der Waals surface area contributed by atoms with E-state index in [0.29, 0.717) is 25.8 Å². The summed E-state index contributed by atoms with van der Waals surface area (Å²) in [6, 6.07) is 16.3. The van der Waals surface area contributed by atoms with E-state index in [1.807, 2.05) is 45.0 Å². The van der Waals surface area contributed by atoms with Crippen molar-refractivity contribution in [1.82, 2.24) is 10.2 Å². The molecule has 2 atom stereocenters. The molecular weight excluding hydrogens is 444 g/mol. The van der Waals surface area contributed by atoms with E-state index in [0.717, 1.165) is 22.3 Å². The Balaban J connectivity index is 1.46. The van der Waals surface area contributed by atoms with Gasteiger partial charge in [-0.05, 0) is 47.4 Å². The second kappa shape index (κ2) is 10.1. The number of carbonyl (C=O) groups is 3. The molecule has 0 bridgehead atoms. The van der Waals surface area contributed by atoms with Crippen molar-refractivity contribution in [3.05, 3.63) is 59.7 Å². The maximum absolute atomic E-state index is 13.5. The maximum Gasteiger partial charge on any atom is 0.408 e. The van der Waals surface area contributed by atoms with Crippen LogP contribution in [0.3, 0.4) is 0 Å². The molecule has 7 heteroatoms. The van der Waals surface area contributed by atoms with Gasteiger partial charge in [-0.1, -0.05) is 69.3 Å². The van der Waals surface area contributed by atoms with Gasteiger partial charge in [0.2, 0.25) is 5.91 Å². The number of rotatable bonds is 7. The molecule has 186 valence electrons. The quantitative estimate of drug-likeness (QED) is 0.604. The van der Waals surface area contributed by atoms with Crippen LogP contribution in [0, 0.1) is 11.8 Å². The number of hydrogen-bond donors (Lipinski definition) is 2. The van der Waals surface area contributed by atoms with Crippen molar-refractivity contribution in [2.45, 2.75) is 51.5 Å². The SMILES string of the molecule is CCC(CC)(NC(=O)OCC1c2ccccc2-c2ccccc21)C(=O)N1CCC(C)C(C(=O)O)C1. The van der Waals surface area contributed by atoms with E-state index >= 15 is 0 Å². The van der Waals surface area contributed by atoms with Crippen molar-refractivity contribution in [1.29, 1.82) is 0 Å². The van der Waals surface area contributed by atoms with Gasteiger partial charge in [0.1, 0.15) is 12.1 Å². The predicted octanol–water partition coefficient (Wildman–Crippen LogP) is 4.65. The van der Waals surface area contributed by atoms with E-state index < -0.39 is 23.5 Å². The minimum absolute atomic E-state index is 0.00398. The van der Waals surface area contributed by atoms with Gasteiger partial charge in [0.05, 0.1) is 5.92 Å². The molecule has 2 unspecified atom stereocenters. The summed E-state index contributed by atoms with van der Waals surface area (Å²) in [4.78, 5) is 39.8. The third-order valence-electron chi connectivity index (χ3n) is 7.86. The van der Waals surface area contributed by atoms with Crippen LogP contribution in [0.1, 0.15) is 57.1 Å². The first-order chi connectivity index (χ1) is 16.8. The smallest absolute Gasteiger partial charge is 0.408 e. The van der Waals surface area contributed by atoms with Gasteiger partial charge in [-0.15, -0.1) is 0 Å². The summed E-state index contributed by atoms with van der Waals surface area (Å²) in [6.07, 6.45) is 0.758. The van der Waals surface area contributed by atoms with Crippen LogP contribution in [0.4, 0.5) is 4.79 Å². The molecule has 4 rings (SSSR count). The Labute approximate surface area is 206 Å². The highest BCUT2D eigenvalue weighted by molar-refractivity contribution is 5.90. The summed E-state index contributed by atoms with van der Waals surface area (Å²) in [7, 11) is 0. The predicted molar refractivity (Wildman–Crippen MR) is 133 cm³/mol. The highest BCUT2D eigenvalue weighted by Crippen LogP contribution is 2.44. The lowest BCUT2D eigenvalue weighted by Gasteiger charge is -2.41. The molecule has 35 heavy (non-hydrogen) atoms.